The second-order valence-electron chi connectivity index (χ2n) is 3.61. The normalized spacial score (nSPS) is 14.4. The van der Waals surface area contributed by atoms with Crippen LogP contribution in [0.15, 0.2) is 30.3 Å². The quantitative estimate of drug-likeness (QED) is 0.720. The molecule has 0 aliphatic carbocycles. The third-order valence-electron chi connectivity index (χ3n) is 2.59. The number of nitrogens with two attached hydrogens (primary N) is 1. The number of hydrogen-bond donors (Lipinski definition) is 1. The summed E-state index contributed by atoms with van der Waals surface area (Å²) in [6.45, 7) is 2.15. The van der Waals surface area contributed by atoms with Crippen LogP contribution in [0.1, 0.15) is 31.2 Å². The lowest BCUT2D eigenvalue weighted by atomic mass is 9.91. The van der Waals surface area contributed by atoms with Crippen molar-refractivity contribution in [2.75, 3.05) is 0 Å². The SMILES string of the molecule is C#CCCC(N)C(C)c1ccccc1. The molecule has 1 heteroatoms. The maximum Gasteiger partial charge on any atom is 0.0114 e. The molecule has 1 rings (SSSR count). The van der Waals surface area contributed by atoms with Gasteiger partial charge in [0.1, 0.15) is 0 Å². The van der Waals surface area contributed by atoms with Crippen LogP contribution in [-0.4, -0.2) is 6.04 Å². The highest BCUT2D eigenvalue weighted by molar-refractivity contribution is 5.20. The molecule has 1 aromatic rings. The van der Waals surface area contributed by atoms with Gasteiger partial charge in [0.05, 0.1) is 0 Å². The molecule has 0 amide bonds. The van der Waals surface area contributed by atoms with E-state index < -0.39 is 0 Å². The molecule has 0 aliphatic rings. The molecule has 0 heterocycles. The Labute approximate surface area is 86.3 Å². The number of rotatable bonds is 4. The van der Waals surface area contributed by atoms with Crippen LogP contribution < -0.4 is 5.73 Å². The predicted molar refractivity (Wildman–Crippen MR) is 60.9 cm³/mol. The Kier molecular flexibility index (Phi) is 4.22. The Morgan fingerprint density at radius 1 is 1.36 bits per heavy atom. The van der Waals surface area contributed by atoms with Crippen molar-refractivity contribution in [2.45, 2.75) is 31.7 Å². The molecule has 2 N–H and O–H groups in total. The van der Waals surface area contributed by atoms with E-state index in [1.807, 2.05) is 18.2 Å². The van der Waals surface area contributed by atoms with E-state index in [0.29, 0.717) is 5.92 Å². The molecule has 0 saturated heterocycles. The van der Waals surface area contributed by atoms with E-state index >= 15 is 0 Å². The van der Waals surface area contributed by atoms with E-state index in [-0.39, 0.29) is 6.04 Å². The summed E-state index contributed by atoms with van der Waals surface area (Å²) in [4.78, 5) is 0. The minimum absolute atomic E-state index is 0.161. The van der Waals surface area contributed by atoms with Crippen molar-refractivity contribution in [1.29, 1.82) is 0 Å². The highest BCUT2D eigenvalue weighted by Crippen LogP contribution is 2.19. The molecule has 1 aromatic carbocycles. The molecule has 74 valence electrons. The first-order chi connectivity index (χ1) is 6.75. The van der Waals surface area contributed by atoms with Gasteiger partial charge in [-0.25, -0.2) is 0 Å². The van der Waals surface area contributed by atoms with Gasteiger partial charge in [-0.3, -0.25) is 0 Å². The van der Waals surface area contributed by atoms with E-state index in [2.05, 4.69) is 25.0 Å². The topological polar surface area (TPSA) is 26.0 Å². The van der Waals surface area contributed by atoms with Crippen LogP contribution in [0.2, 0.25) is 0 Å². The Balaban J connectivity index is 2.57. The predicted octanol–water partition coefficient (Wildman–Crippen LogP) is 2.53. The molecule has 0 saturated carbocycles. The lowest BCUT2D eigenvalue weighted by molar-refractivity contribution is 0.536. The molecular weight excluding hydrogens is 170 g/mol. The van der Waals surface area contributed by atoms with Crippen molar-refractivity contribution < 1.29 is 0 Å². The summed E-state index contributed by atoms with van der Waals surface area (Å²) in [5.41, 5.74) is 7.33. The van der Waals surface area contributed by atoms with Gasteiger partial charge in [-0.05, 0) is 17.9 Å². The van der Waals surface area contributed by atoms with Gasteiger partial charge in [0.2, 0.25) is 0 Å². The van der Waals surface area contributed by atoms with Gasteiger partial charge >= 0.3 is 0 Å². The Morgan fingerprint density at radius 2 is 2.00 bits per heavy atom. The first-order valence-corrected chi connectivity index (χ1v) is 4.99. The lowest BCUT2D eigenvalue weighted by Gasteiger charge is -2.19. The van der Waals surface area contributed by atoms with Crippen molar-refractivity contribution in [3.05, 3.63) is 35.9 Å². The van der Waals surface area contributed by atoms with Crippen molar-refractivity contribution in [1.82, 2.24) is 0 Å². The average molecular weight is 187 g/mol. The highest BCUT2D eigenvalue weighted by atomic mass is 14.6. The van der Waals surface area contributed by atoms with Crippen LogP contribution in [0, 0.1) is 12.3 Å². The highest BCUT2D eigenvalue weighted by Gasteiger charge is 2.13. The Bertz CT molecular complexity index is 297. The van der Waals surface area contributed by atoms with Gasteiger partial charge in [-0.15, -0.1) is 12.3 Å². The smallest absolute Gasteiger partial charge is 0.0114 e. The standard InChI is InChI=1S/C13H17N/c1-3-4-10-13(14)11(2)12-8-6-5-7-9-12/h1,5-9,11,13H,4,10,14H2,2H3. The lowest BCUT2D eigenvalue weighted by Crippen LogP contribution is -2.26. The number of hydrogen-bond acceptors (Lipinski definition) is 1. The summed E-state index contributed by atoms with van der Waals surface area (Å²) in [5.74, 6) is 3.00. The molecule has 1 nitrogen and oxygen atoms in total. The summed E-state index contributed by atoms with van der Waals surface area (Å²) < 4.78 is 0. The third kappa shape index (κ3) is 2.90. The molecule has 2 atom stereocenters. The second-order valence-corrected chi connectivity index (χ2v) is 3.61. The molecule has 0 aromatic heterocycles. The average Bonchev–Trinajstić information content (AvgIpc) is 2.26. The number of terminal acetylenes is 1. The summed E-state index contributed by atoms with van der Waals surface area (Å²) in [6.07, 6.45) is 6.87. The van der Waals surface area contributed by atoms with Gasteiger partial charge < -0.3 is 5.73 Å². The molecule has 14 heavy (non-hydrogen) atoms. The first kappa shape index (κ1) is 10.8. The van der Waals surface area contributed by atoms with Gasteiger partial charge in [-0.1, -0.05) is 37.3 Å². The fourth-order valence-corrected chi connectivity index (χ4v) is 1.50. The number of benzene rings is 1. The minimum atomic E-state index is 0.161. The Hall–Kier alpha value is -1.26. The monoisotopic (exact) mass is 187 g/mol. The second kappa shape index (κ2) is 5.47. The molecule has 0 radical (unpaired) electrons. The summed E-state index contributed by atoms with van der Waals surface area (Å²) >= 11 is 0. The van der Waals surface area contributed by atoms with Crippen LogP contribution >= 0.6 is 0 Å². The zero-order chi connectivity index (χ0) is 10.4. The third-order valence-corrected chi connectivity index (χ3v) is 2.59. The van der Waals surface area contributed by atoms with Gasteiger partial charge in [0, 0.05) is 12.5 Å². The molecule has 0 bridgehead atoms. The molecule has 0 spiro atoms. The maximum absolute atomic E-state index is 6.04. The van der Waals surface area contributed by atoms with Crippen molar-refractivity contribution >= 4 is 0 Å². The van der Waals surface area contributed by atoms with Crippen LogP contribution in [0.5, 0.6) is 0 Å². The fraction of sp³-hybridized carbons (Fsp3) is 0.385. The molecule has 0 fully saturated rings. The summed E-state index contributed by atoms with van der Waals surface area (Å²) in [5, 5.41) is 0. The van der Waals surface area contributed by atoms with Crippen LogP contribution in [0.25, 0.3) is 0 Å². The van der Waals surface area contributed by atoms with E-state index in [1.165, 1.54) is 5.56 Å². The van der Waals surface area contributed by atoms with Crippen molar-refractivity contribution in [2.24, 2.45) is 5.73 Å². The largest absolute Gasteiger partial charge is 0.327 e. The fourth-order valence-electron chi connectivity index (χ4n) is 1.50. The minimum Gasteiger partial charge on any atom is -0.327 e. The van der Waals surface area contributed by atoms with E-state index in [1.54, 1.807) is 0 Å². The van der Waals surface area contributed by atoms with Crippen LogP contribution in [0.3, 0.4) is 0 Å². The van der Waals surface area contributed by atoms with Gasteiger partial charge in [0.15, 0.2) is 0 Å². The zero-order valence-electron chi connectivity index (χ0n) is 8.61. The Morgan fingerprint density at radius 3 is 2.57 bits per heavy atom. The van der Waals surface area contributed by atoms with Gasteiger partial charge in [0.25, 0.3) is 0 Å². The maximum atomic E-state index is 6.04. The summed E-state index contributed by atoms with van der Waals surface area (Å²) in [7, 11) is 0. The van der Waals surface area contributed by atoms with E-state index in [0.717, 1.165) is 12.8 Å². The first-order valence-electron chi connectivity index (χ1n) is 4.99. The van der Waals surface area contributed by atoms with Crippen LogP contribution in [0.4, 0.5) is 0 Å². The molecular formula is C13H17N. The van der Waals surface area contributed by atoms with Crippen molar-refractivity contribution in [3.8, 4) is 12.3 Å². The van der Waals surface area contributed by atoms with Crippen LogP contribution in [-0.2, 0) is 0 Å². The molecule has 0 aliphatic heterocycles. The van der Waals surface area contributed by atoms with E-state index in [4.69, 9.17) is 12.2 Å². The van der Waals surface area contributed by atoms with E-state index in [9.17, 15) is 0 Å². The zero-order valence-corrected chi connectivity index (χ0v) is 8.61. The molecule has 2 unspecified atom stereocenters. The summed E-state index contributed by atoms with van der Waals surface area (Å²) in [6, 6.07) is 10.5. The van der Waals surface area contributed by atoms with Gasteiger partial charge in [-0.2, -0.15) is 0 Å². The van der Waals surface area contributed by atoms with Crippen molar-refractivity contribution in [3.63, 3.8) is 0 Å².